The average Bonchev–Trinajstić information content (AvgIpc) is 3.03. The van der Waals surface area contributed by atoms with Crippen molar-refractivity contribution >= 4 is 17.8 Å². The quantitative estimate of drug-likeness (QED) is 0.180. The molecule has 6 nitrogen and oxygen atoms in total. The number of amides is 2. The second-order valence-corrected chi connectivity index (χ2v) is 11.1. The first-order valence-corrected chi connectivity index (χ1v) is 15.0. The van der Waals surface area contributed by atoms with Gasteiger partial charge < -0.3 is 25.2 Å². The van der Waals surface area contributed by atoms with Crippen LogP contribution in [0.4, 0.5) is 4.79 Å². The van der Waals surface area contributed by atoms with Crippen molar-refractivity contribution in [1.82, 2.24) is 10.6 Å². The lowest BCUT2D eigenvalue weighted by Crippen LogP contribution is -2.34. The number of nitrogens with one attached hydrogen (secondary N) is 2. The highest BCUT2D eigenvalue weighted by Crippen LogP contribution is 2.40. The van der Waals surface area contributed by atoms with E-state index in [2.05, 4.69) is 59.2 Å². The molecule has 0 saturated carbocycles. The van der Waals surface area contributed by atoms with Crippen molar-refractivity contribution in [2.24, 2.45) is 0 Å². The number of hydrogen-bond acceptors (Lipinski definition) is 5. The van der Waals surface area contributed by atoms with Crippen molar-refractivity contribution in [2.75, 3.05) is 12.3 Å². The molecule has 0 aromatic heterocycles. The molecule has 0 radical (unpaired) electrons. The summed E-state index contributed by atoms with van der Waals surface area (Å²) in [6, 6.07) is 34.6. The van der Waals surface area contributed by atoms with E-state index in [1.807, 2.05) is 61.5 Å². The van der Waals surface area contributed by atoms with Gasteiger partial charge >= 0.3 is 6.03 Å². The van der Waals surface area contributed by atoms with Crippen LogP contribution >= 0.6 is 11.8 Å². The number of rotatable bonds is 10. The Balaban J connectivity index is 1.35. The molecule has 1 saturated heterocycles. The van der Waals surface area contributed by atoms with Gasteiger partial charge in [-0.05, 0) is 59.0 Å². The predicted molar refractivity (Wildman–Crippen MR) is 163 cm³/mol. The summed E-state index contributed by atoms with van der Waals surface area (Å²) < 4.78 is 13.1. The Labute approximate surface area is 246 Å². The minimum atomic E-state index is -0.518. The van der Waals surface area contributed by atoms with E-state index in [0.29, 0.717) is 13.1 Å². The third kappa shape index (κ3) is 7.99. The summed E-state index contributed by atoms with van der Waals surface area (Å²) >= 11 is 1.79. The van der Waals surface area contributed by atoms with Crippen LogP contribution in [0.5, 0.6) is 0 Å². The Morgan fingerprint density at radius 3 is 2.34 bits per heavy atom. The molecule has 7 heteroatoms. The van der Waals surface area contributed by atoms with Gasteiger partial charge in [0, 0.05) is 35.7 Å². The van der Waals surface area contributed by atoms with Crippen LogP contribution in [-0.2, 0) is 22.6 Å². The largest absolute Gasteiger partial charge is 0.392 e. The highest BCUT2D eigenvalue weighted by Gasteiger charge is 2.32. The summed E-state index contributed by atoms with van der Waals surface area (Å²) in [5.41, 5.74) is 6.05. The predicted octanol–water partition coefficient (Wildman–Crippen LogP) is 7.00. The molecule has 3 unspecified atom stereocenters. The van der Waals surface area contributed by atoms with Crippen LogP contribution in [0.25, 0.3) is 11.1 Å². The first kappa shape index (κ1) is 28.9. The molecular formula is C34H36N2O4S. The van der Waals surface area contributed by atoms with E-state index in [9.17, 15) is 9.90 Å². The summed E-state index contributed by atoms with van der Waals surface area (Å²) in [7, 11) is 0. The third-order valence-electron chi connectivity index (χ3n) is 7.00. The summed E-state index contributed by atoms with van der Waals surface area (Å²) in [6.45, 7) is 2.95. The highest BCUT2D eigenvalue weighted by atomic mass is 32.2. The SMILES string of the molecule is CCNC(=O)NCc1cccc(-c2cccc(C3OC(CSc4ccccc4)CC(c4ccc(CO)cc4)O3)c2)c1. The third-order valence-corrected chi connectivity index (χ3v) is 8.15. The van der Waals surface area contributed by atoms with Gasteiger partial charge in [0.2, 0.25) is 0 Å². The molecule has 0 spiro atoms. The number of benzene rings is 4. The second-order valence-electron chi connectivity index (χ2n) is 10.0. The lowest BCUT2D eigenvalue weighted by molar-refractivity contribution is -0.245. The highest BCUT2D eigenvalue weighted by molar-refractivity contribution is 7.99. The van der Waals surface area contributed by atoms with Crippen LogP contribution in [0.3, 0.4) is 0 Å². The first-order chi connectivity index (χ1) is 20.1. The van der Waals surface area contributed by atoms with Crippen LogP contribution in [0.15, 0.2) is 108 Å². The summed E-state index contributed by atoms with van der Waals surface area (Å²) in [5.74, 6) is 0.815. The monoisotopic (exact) mass is 568 g/mol. The summed E-state index contributed by atoms with van der Waals surface area (Å²) in [4.78, 5) is 13.1. The molecule has 2 amide bonds. The van der Waals surface area contributed by atoms with E-state index in [1.165, 1.54) is 4.90 Å². The van der Waals surface area contributed by atoms with Crippen molar-refractivity contribution in [2.45, 2.75) is 49.9 Å². The van der Waals surface area contributed by atoms with E-state index in [4.69, 9.17) is 9.47 Å². The van der Waals surface area contributed by atoms with Crippen molar-refractivity contribution in [1.29, 1.82) is 0 Å². The zero-order chi connectivity index (χ0) is 28.4. The number of hydrogen-bond donors (Lipinski definition) is 3. The van der Waals surface area contributed by atoms with Gasteiger partial charge in [-0.3, -0.25) is 0 Å². The fourth-order valence-electron chi connectivity index (χ4n) is 4.86. The molecule has 3 atom stereocenters. The minimum Gasteiger partial charge on any atom is -0.392 e. The van der Waals surface area contributed by atoms with Crippen molar-refractivity contribution in [3.8, 4) is 11.1 Å². The van der Waals surface area contributed by atoms with Crippen LogP contribution in [0.1, 0.15) is 48.0 Å². The Bertz CT molecular complexity index is 1410. The van der Waals surface area contributed by atoms with Crippen LogP contribution in [-0.4, -0.2) is 29.5 Å². The number of thioether (sulfide) groups is 1. The van der Waals surface area contributed by atoms with Crippen LogP contribution in [0.2, 0.25) is 0 Å². The number of aliphatic hydroxyl groups is 1. The van der Waals surface area contributed by atoms with Gasteiger partial charge in [-0.15, -0.1) is 11.8 Å². The molecule has 1 aliphatic heterocycles. The maximum atomic E-state index is 11.8. The molecule has 3 N–H and O–H groups in total. The Morgan fingerprint density at radius 1 is 0.829 bits per heavy atom. The molecule has 5 rings (SSSR count). The number of urea groups is 1. The maximum absolute atomic E-state index is 11.8. The molecule has 4 aromatic carbocycles. The standard InChI is InChI=1S/C34H36N2O4S/c1-2-35-34(38)36-21-25-8-6-9-27(18-25)28-10-7-11-29(19-28)33-39-30(23-41-31-12-4-3-5-13-31)20-32(40-33)26-16-14-24(22-37)15-17-26/h3-19,30,32-33,37H,2,20-23H2,1H3,(H2,35,36,38). The number of carbonyl (C=O) groups excluding carboxylic acids is 1. The summed E-state index contributed by atoms with van der Waals surface area (Å²) in [6.07, 6.45) is 0.0916. The Morgan fingerprint density at radius 2 is 1.59 bits per heavy atom. The molecule has 1 fully saturated rings. The van der Waals surface area contributed by atoms with Gasteiger partial charge in [-0.2, -0.15) is 0 Å². The van der Waals surface area contributed by atoms with E-state index in [1.54, 1.807) is 11.8 Å². The maximum Gasteiger partial charge on any atom is 0.315 e. The second kappa shape index (κ2) is 14.3. The summed E-state index contributed by atoms with van der Waals surface area (Å²) in [5, 5.41) is 15.1. The van der Waals surface area contributed by atoms with Crippen molar-refractivity contribution in [3.05, 3.63) is 125 Å². The normalized spacial score (nSPS) is 18.5. The van der Waals surface area contributed by atoms with Crippen LogP contribution < -0.4 is 10.6 Å². The van der Waals surface area contributed by atoms with Crippen molar-refractivity contribution < 1.29 is 19.4 Å². The number of ether oxygens (including phenoxy) is 2. The van der Waals surface area contributed by atoms with E-state index in [-0.39, 0.29) is 24.8 Å². The van der Waals surface area contributed by atoms with Gasteiger partial charge in [0.05, 0.1) is 18.8 Å². The smallest absolute Gasteiger partial charge is 0.315 e. The van der Waals surface area contributed by atoms with Gasteiger partial charge in [-0.1, -0.05) is 78.9 Å². The van der Waals surface area contributed by atoms with E-state index in [0.717, 1.165) is 45.6 Å². The zero-order valence-corrected chi connectivity index (χ0v) is 24.0. The molecule has 212 valence electrons. The van der Waals surface area contributed by atoms with Gasteiger partial charge in [0.25, 0.3) is 0 Å². The lowest BCUT2D eigenvalue weighted by atomic mass is 9.99. The molecule has 0 bridgehead atoms. The first-order valence-electron chi connectivity index (χ1n) is 14.0. The Kier molecular flexibility index (Phi) is 10.1. The van der Waals surface area contributed by atoms with Gasteiger partial charge in [0.1, 0.15) is 0 Å². The molecule has 1 aliphatic rings. The molecule has 4 aromatic rings. The number of carbonyl (C=O) groups is 1. The molecule has 0 aliphatic carbocycles. The average molecular weight is 569 g/mol. The fraction of sp³-hybridized carbons (Fsp3) is 0.265. The molecular weight excluding hydrogens is 532 g/mol. The van der Waals surface area contributed by atoms with Crippen LogP contribution in [0, 0.1) is 0 Å². The zero-order valence-electron chi connectivity index (χ0n) is 23.2. The Hall–Kier alpha value is -3.62. The lowest BCUT2D eigenvalue weighted by Gasteiger charge is -2.36. The molecule has 41 heavy (non-hydrogen) atoms. The number of aliphatic hydroxyl groups excluding tert-OH is 1. The van der Waals surface area contributed by atoms with Crippen molar-refractivity contribution in [3.63, 3.8) is 0 Å². The molecule has 1 heterocycles. The van der Waals surface area contributed by atoms with Gasteiger partial charge in [-0.25, -0.2) is 4.79 Å². The van der Waals surface area contributed by atoms with E-state index >= 15 is 0 Å². The topological polar surface area (TPSA) is 79.8 Å². The fourth-order valence-corrected chi connectivity index (χ4v) is 5.80. The van der Waals surface area contributed by atoms with E-state index < -0.39 is 6.29 Å². The van der Waals surface area contributed by atoms with Gasteiger partial charge in [0.15, 0.2) is 6.29 Å². The minimum absolute atomic E-state index is 0.00574.